The number of urea groups is 1. The van der Waals surface area contributed by atoms with Gasteiger partial charge in [-0.05, 0) is 45.1 Å². The van der Waals surface area contributed by atoms with Crippen LogP contribution in [0, 0.1) is 5.92 Å². The monoisotopic (exact) mass is 322 g/mol. The van der Waals surface area contributed by atoms with Gasteiger partial charge in [-0.1, -0.05) is 12.8 Å². The molecule has 23 heavy (non-hydrogen) atoms. The highest BCUT2D eigenvalue weighted by atomic mass is 16.2. The SMILES string of the molecule is O=C(N[C@H]1CCCNC1)C1CCCN(C(=O)NC2CCCC2)C1. The van der Waals surface area contributed by atoms with Crippen LogP contribution in [0.2, 0.25) is 0 Å². The lowest BCUT2D eigenvalue weighted by Crippen LogP contribution is -2.53. The number of carbonyl (C=O) groups is 2. The van der Waals surface area contributed by atoms with Gasteiger partial charge in [-0.2, -0.15) is 0 Å². The topological polar surface area (TPSA) is 73.5 Å². The lowest BCUT2D eigenvalue weighted by Gasteiger charge is -2.34. The molecule has 1 aliphatic carbocycles. The fraction of sp³-hybridized carbons (Fsp3) is 0.882. The second kappa shape index (κ2) is 7.99. The molecule has 2 heterocycles. The molecular formula is C17H30N4O2. The van der Waals surface area contributed by atoms with E-state index in [1.807, 2.05) is 4.90 Å². The second-order valence-electron chi connectivity index (χ2n) is 7.27. The molecule has 3 amide bonds. The zero-order valence-corrected chi connectivity index (χ0v) is 14.0. The zero-order valence-electron chi connectivity index (χ0n) is 14.0. The van der Waals surface area contributed by atoms with Crippen molar-refractivity contribution in [1.82, 2.24) is 20.9 Å². The van der Waals surface area contributed by atoms with E-state index in [0.717, 1.165) is 58.2 Å². The Labute approximate surface area is 138 Å². The first kappa shape index (κ1) is 16.6. The summed E-state index contributed by atoms with van der Waals surface area (Å²) in [6.07, 6.45) is 8.59. The number of amides is 3. The predicted octanol–water partition coefficient (Wildman–Crippen LogP) is 1.22. The molecule has 2 saturated heterocycles. The number of hydrogen-bond acceptors (Lipinski definition) is 3. The number of piperidine rings is 2. The minimum Gasteiger partial charge on any atom is -0.352 e. The van der Waals surface area contributed by atoms with Gasteiger partial charge >= 0.3 is 6.03 Å². The van der Waals surface area contributed by atoms with Crippen LogP contribution in [0.4, 0.5) is 4.79 Å². The third kappa shape index (κ3) is 4.59. The third-order valence-corrected chi connectivity index (χ3v) is 5.41. The number of likely N-dealkylation sites (tertiary alicyclic amines) is 1. The molecule has 1 unspecified atom stereocenters. The molecule has 2 atom stereocenters. The maximum absolute atomic E-state index is 12.5. The summed E-state index contributed by atoms with van der Waals surface area (Å²) >= 11 is 0. The van der Waals surface area contributed by atoms with Gasteiger partial charge in [0, 0.05) is 31.7 Å². The number of nitrogens with one attached hydrogen (secondary N) is 3. The Hall–Kier alpha value is -1.30. The number of hydrogen-bond donors (Lipinski definition) is 3. The highest BCUT2D eigenvalue weighted by molar-refractivity contribution is 5.81. The summed E-state index contributed by atoms with van der Waals surface area (Å²) in [4.78, 5) is 26.7. The molecule has 130 valence electrons. The van der Waals surface area contributed by atoms with Gasteiger partial charge in [-0.15, -0.1) is 0 Å². The van der Waals surface area contributed by atoms with Crippen molar-refractivity contribution in [3.05, 3.63) is 0 Å². The first-order chi connectivity index (χ1) is 11.2. The van der Waals surface area contributed by atoms with Crippen LogP contribution < -0.4 is 16.0 Å². The molecule has 0 spiro atoms. The average Bonchev–Trinajstić information content (AvgIpc) is 3.09. The Kier molecular flexibility index (Phi) is 5.75. The Bertz CT molecular complexity index is 417. The number of rotatable bonds is 3. The minimum absolute atomic E-state index is 0.0220. The van der Waals surface area contributed by atoms with Crippen LogP contribution in [0.25, 0.3) is 0 Å². The Morgan fingerprint density at radius 3 is 2.43 bits per heavy atom. The van der Waals surface area contributed by atoms with E-state index in [-0.39, 0.29) is 23.9 Å². The maximum Gasteiger partial charge on any atom is 0.317 e. The molecule has 0 radical (unpaired) electrons. The smallest absolute Gasteiger partial charge is 0.317 e. The molecule has 1 saturated carbocycles. The summed E-state index contributed by atoms with van der Waals surface area (Å²) in [5.74, 6) is 0.0667. The standard InChI is InChI=1S/C17H30N4O2/c22-16(19-15-8-3-9-18-11-15)13-5-4-10-21(12-13)17(23)20-14-6-1-2-7-14/h13-15,18H,1-12H2,(H,19,22)(H,20,23)/t13?,15-/m0/s1. The van der Waals surface area contributed by atoms with E-state index in [9.17, 15) is 9.59 Å². The lowest BCUT2D eigenvalue weighted by atomic mass is 9.96. The minimum atomic E-state index is -0.0556. The van der Waals surface area contributed by atoms with Crippen LogP contribution in [0.1, 0.15) is 51.4 Å². The first-order valence-electron chi connectivity index (χ1n) is 9.29. The van der Waals surface area contributed by atoms with Gasteiger partial charge in [0.1, 0.15) is 0 Å². The van der Waals surface area contributed by atoms with Crippen LogP contribution >= 0.6 is 0 Å². The lowest BCUT2D eigenvalue weighted by molar-refractivity contribution is -0.127. The van der Waals surface area contributed by atoms with Gasteiger partial charge < -0.3 is 20.9 Å². The van der Waals surface area contributed by atoms with E-state index >= 15 is 0 Å². The Morgan fingerprint density at radius 1 is 0.913 bits per heavy atom. The van der Waals surface area contributed by atoms with E-state index in [0.29, 0.717) is 12.6 Å². The fourth-order valence-corrected chi connectivity index (χ4v) is 4.01. The summed E-state index contributed by atoms with van der Waals surface area (Å²) in [6.45, 7) is 3.24. The van der Waals surface area contributed by atoms with E-state index < -0.39 is 0 Å². The second-order valence-corrected chi connectivity index (χ2v) is 7.27. The van der Waals surface area contributed by atoms with Gasteiger partial charge in [0.05, 0.1) is 5.92 Å². The molecule has 3 aliphatic rings. The van der Waals surface area contributed by atoms with Crippen molar-refractivity contribution >= 4 is 11.9 Å². The zero-order chi connectivity index (χ0) is 16.1. The first-order valence-corrected chi connectivity index (χ1v) is 9.29. The average molecular weight is 322 g/mol. The van der Waals surface area contributed by atoms with Crippen LogP contribution in [0.3, 0.4) is 0 Å². The summed E-state index contributed by atoms with van der Waals surface area (Å²) in [5.41, 5.74) is 0. The van der Waals surface area contributed by atoms with Crippen molar-refractivity contribution in [3.63, 3.8) is 0 Å². The largest absolute Gasteiger partial charge is 0.352 e. The molecule has 3 fully saturated rings. The molecule has 0 aromatic rings. The van der Waals surface area contributed by atoms with Crippen molar-refractivity contribution in [2.75, 3.05) is 26.2 Å². The highest BCUT2D eigenvalue weighted by Crippen LogP contribution is 2.20. The number of nitrogens with zero attached hydrogens (tertiary/aromatic N) is 1. The van der Waals surface area contributed by atoms with E-state index in [1.165, 1.54) is 12.8 Å². The highest BCUT2D eigenvalue weighted by Gasteiger charge is 2.30. The molecule has 6 nitrogen and oxygen atoms in total. The van der Waals surface area contributed by atoms with Crippen LogP contribution in [0.5, 0.6) is 0 Å². The van der Waals surface area contributed by atoms with Gasteiger partial charge in [-0.25, -0.2) is 4.79 Å². The Morgan fingerprint density at radius 2 is 1.70 bits per heavy atom. The molecule has 0 aromatic carbocycles. The van der Waals surface area contributed by atoms with Crippen LogP contribution in [-0.4, -0.2) is 55.1 Å². The molecule has 0 bridgehead atoms. The van der Waals surface area contributed by atoms with E-state index in [2.05, 4.69) is 16.0 Å². The molecular weight excluding hydrogens is 292 g/mol. The molecule has 0 aromatic heterocycles. The summed E-state index contributed by atoms with van der Waals surface area (Å²) < 4.78 is 0. The van der Waals surface area contributed by atoms with Gasteiger partial charge in [-0.3, -0.25) is 4.79 Å². The molecule has 3 N–H and O–H groups in total. The maximum atomic E-state index is 12.5. The van der Waals surface area contributed by atoms with Gasteiger partial charge in [0.25, 0.3) is 0 Å². The molecule has 3 rings (SSSR count). The summed E-state index contributed by atoms with van der Waals surface area (Å²) in [7, 11) is 0. The van der Waals surface area contributed by atoms with Crippen LogP contribution in [0.15, 0.2) is 0 Å². The van der Waals surface area contributed by atoms with Crippen molar-refractivity contribution in [2.24, 2.45) is 5.92 Å². The predicted molar refractivity (Wildman–Crippen MR) is 89.1 cm³/mol. The number of carbonyl (C=O) groups excluding carboxylic acids is 2. The third-order valence-electron chi connectivity index (χ3n) is 5.41. The normalized spacial score (nSPS) is 29.3. The van der Waals surface area contributed by atoms with Crippen molar-refractivity contribution in [3.8, 4) is 0 Å². The van der Waals surface area contributed by atoms with Crippen molar-refractivity contribution in [1.29, 1.82) is 0 Å². The Balaban J connectivity index is 1.46. The van der Waals surface area contributed by atoms with E-state index in [1.54, 1.807) is 0 Å². The van der Waals surface area contributed by atoms with E-state index in [4.69, 9.17) is 0 Å². The summed E-state index contributed by atoms with van der Waals surface area (Å²) in [6, 6.07) is 0.609. The van der Waals surface area contributed by atoms with Gasteiger partial charge in [0.2, 0.25) is 5.91 Å². The molecule has 2 aliphatic heterocycles. The summed E-state index contributed by atoms with van der Waals surface area (Å²) in [5, 5.41) is 9.62. The fourth-order valence-electron chi connectivity index (χ4n) is 4.01. The van der Waals surface area contributed by atoms with Crippen LogP contribution in [-0.2, 0) is 4.79 Å². The van der Waals surface area contributed by atoms with Crippen molar-refractivity contribution in [2.45, 2.75) is 63.5 Å². The van der Waals surface area contributed by atoms with Crippen molar-refractivity contribution < 1.29 is 9.59 Å². The molecule has 6 heteroatoms. The van der Waals surface area contributed by atoms with Gasteiger partial charge in [0.15, 0.2) is 0 Å². The quantitative estimate of drug-likeness (QED) is 0.731.